The average molecular weight is 309 g/mol. The molecule has 0 saturated carbocycles. The molecule has 0 aliphatic rings. The van der Waals surface area contributed by atoms with E-state index in [1.807, 2.05) is 12.1 Å². The van der Waals surface area contributed by atoms with Crippen molar-refractivity contribution < 1.29 is 9.53 Å². The number of ether oxygens (including phenoxy) is 1. The number of anilines is 1. The van der Waals surface area contributed by atoms with Crippen molar-refractivity contribution in [3.63, 3.8) is 0 Å². The number of aromatic nitrogens is 1. The van der Waals surface area contributed by atoms with E-state index in [4.69, 9.17) is 16.3 Å². The van der Waals surface area contributed by atoms with Crippen molar-refractivity contribution >= 4 is 35.0 Å². The first-order valence-corrected chi connectivity index (χ1v) is 7.22. The number of nitrogens with zero attached hydrogens (tertiary/aromatic N) is 1. The fourth-order valence-corrected chi connectivity index (χ4v) is 2.48. The molecule has 2 aromatic rings. The van der Waals surface area contributed by atoms with Crippen LogP contribution in [0, 0.1) is 0 Å². The predicted molar refractivity (Wildman–Crippen MR) is 81.6 cm³/mol. The molecule has 1 aromatic heterocycles. The minimum atomic E-state index is -0.120. The summed E-state index contributed by atoms with van der Waals surface area (Å²) in [5.74, 6) is 0.821. The van der Waals surface area contributed by atoms with E-state index >= 15 is 0 Å². The van der Waals surface area contributed by atoms with Gasteiger partial charge in [0.2, 0.25) is 5.91 Å². The first-order chi connectivity index (χ1) is 9.69. The molecular formula is C14H13ClN2O2S. The number of carbonyl (C=O) groups excluding carboxylic acids is 1. The van der Waals surface area contributed by atoms with Gasteiger partial charge in [-0.05, 0) is 24.3 Å². The number of carbonyl (C=O) groups is 1. The van der Waals surface area contributed by atoms with Gasteiger partial charge in [0.1, 0.15) is 10.8 Å². The van der Waals surface area contributed by atoms with Gasteiger partial charge in [0, 0.05) is 18.0 Å². The van der Waals surface area contributed by atoms with Crippen LogP contribution >= 0.6 is 23.4 Å². The summed E-state index contributed by atoms with van der Waals surface area (Å²) in [5.41, 5.74) is 0.696. The minimum absolute atomic E-state index is 0.120. The number of hydrogen-bond acceptors (Lipinski definition) is 4. The number of halogens is 1. The molecule has 20 heavy (non-hydrogen) atoms. The van der Waals surface area contributed by atoms with Crippen molar-refractivity contribution in [2.45, 2.75) is 5.03 Å². The molecule has 1 amide bonds. The highest BCUT2D eigenvalue weighted by molar-refractivity contribution is 8.00. The summed E-state index contributed by atoms with van der Waals surface area (Å²) in [6.07, 6.45) is 1.65. The Hall–Kier alpha value is -1.72. The zero-order valence-corrected chi connectivity index (χ0v) is 12.4. The van der Waals surface area contributed by atoms with E-state index in [-0.39, 0.29) is 11.7 Å². The van der Waals surface area contributed by atoms with Crippen LogP contribution in [0.25, 0.3) is 0 Å². The van der Waals surface area contributed by atoms with Gasteiger partial charge in [-0.25, -0.2) is 4.98 Å². The van der Waals surface area contributed by atoms with Crippen LogP contribution in [0.2, 0.25) is 5.02 Å². The second-order valence-electron chi connectivity index (χ2n) is 3.86. The molecule has 1 heterocycles. The topological polar surface area (TPSA) is 51.2 Å². The summed E-state index contributed by atoms with van der Waals surface area (Å²) in [5, 5.41) is 3.99. The fraction of sp³-hybridized carbons (Fsp3) is 0.143. The lowest BCUT2D eigenvalue weighted by Gasteiger charge is -2.07. The molecule has 0 spiro atoms. The number of pyridine rings is 1. The molecule has 2 rings (SSSR count). The quantitative estimate of drug-likeness (QED) is 0.859. The molecule has 0 saturated heterocycles. The summed E-state index contributed by atoms with van der Waals surface area (Å²) in [4.78, 5) is 16.0. The second kappa shape index (κ2) is 7.17. The number of methoxy groups -OCH3 is 1. The molecular weight excluding hydrogens is 296 g/mol. The standard InChI is InChI=1S/C14H13ClN2O2S/c1-19-11-5-2-4-10(8-11)17-13(18)9-20-14-12(15)6-3-7-16-14/h2-8H,9H2,1H3,(H,17,18). The van der Waals surface area contributed by atoms with Gasteiger partial charge in [-0.15, -0.1) is 0 Å². The molecule has 0 radical (unpaired) electrons. The van der Waals surface area contributed by atoms with Gasteiger partial charge in [0.25, 0.3) is 0 Å². The Morgan fingerprint density at radius 2 is 2.25 bits per heavy atom. The Balaban J connectivity index is 1.91. The third-order valence-corrected chi connectivity index (χ3v) is 3.84. The smallest absolute Gasteiger partial charge is 0.234 e. The second-order valence-corrected chi connectivity index (χ2v) is 5.23. The zero-order valence-electron chi connectivity index (χ0n) is 10.8. The van der Waals surface area contributed by atoms with Crippen LogP contribution < -0.4 is 10.1 Å². The zero-order chi connectivity index (χ0) is 14.4. The normalized spacial score (nSPS) is 10.1. The van der Waals surface area contributed by atoms with Crippen LogP contribution in [0.4, 0.5) is 5.69 Å². The lowest BCUT2D eigenvalue weighted by molar-refractivity contribution is -0.113. The Morgan fingerprint density at radius 1 is 1.40 bits per heavy atom. The van der Waals surface area contributed by atoms with Gasteiger partial charge in [-0.3, -0.25) is 4.79 Å². The van der Waals surface area contributed by atoms with Crippen LogP contribution in [0.1, 0.15) is 0 Å². The third kappa shape index (κ3) is 4.15. The number of nitrogens with one attached hydrogen (secondary N) is 1. The van der Waals surface area contributed by atoms with Gasteiger partial charge in [-0.2, -0.15) is 0 Å². The summed E-state index contributed by atoms with van der Waals surface area (Å²) in [6, 6.07) is 10.7. The molecule has 0 bridgehead atoms. The Labute approximate surface area is 126 Å². The van der Waals surface area contributed by atoms with Gasteiger partial charge in [-0.1, -0.05) is 29.4 Å². The monoisotopic (exact) mass is 308 g/mol. The minimum Gasteiger partial charge on any atom is -0.497 e. The van der Waals surface area contributed by atoms with E-state index < -0.39 is 0 Å². The largest absolute Gasteiger partial charge is 0.497 e. The van der Waals surface area contributed by atoms with Gasteiger partial charge in [0.15, 0.2) is 0 Å². The van der Waals surface area contributed by atoms with E-state index in [1.165, 1.54) is 11.8 Å². The Bertz CT molecular complexity index is 607. The molecule has 1 N–H and O–H groups in total. The van der Waals surface area contributed by atoms with Gasteiger partial charge >= 0.3 is 0 Å². The molecule has 104 valence electrons. The van der Waals surface area contributed by atoms with E-state index in [1.54, 1.807) is 37.6 Å². The van der Waals surface area contributed by atoms with Crippen molar-refractivity contribution in [1.82, 2.24) is 4.98 Å². The summed E-state index contributed by atoms with van der Waals surface area (Å²) in [7, 11) is 1.58. The lowest BCUT2D eigenvalue weighted by Crippen LogP contribution is -2.14. The summed E-state index contributed by atoms with van der Waals surface area (Å²) >= 11 is 7.27. The summed E-state index contributed by atoms with van der Waals surface area (Å²) in [6.45, 7) is 0. The predicted octanol–water partition coefficient (Wildman–Crippen LogP) is 3.47. The maximum Gasteiger partial charge on any atom is 0.234 e. The van der Waals surface area contributed by atoms with E-state index in [9.17, 15) is 4.79 Å². The number of thioether (sulfide) groups is 1. The SMILES string of the molecule is COc1cccc(NC(=O)CSc2ncccc2Cl)c1. The highest BCUT2D eigenvalue weighted by Gasteiger charge is 2.07. The van der Waals surface area contributed by atoms with E-state index in [0.717, 1.165) is 0 Å². The van der Waals surface area contributed by atoms with Crippen molar-refractivity contribution in [3.8, 4) is 5.75 Å². The Kier molecular flexibility index (Phi) is 5.26. The lowest BCUT2D eigenvalue weighted by atomic mass is 10.3. The molecule has 0 unspecified atom stereocenters. The van der Waals surface area contributed by atoms with Crippen molar-refractivity contribution in [3.05, 3.63) is 47.6 Å². The van der Waals surface area contributed by atoms with Crippen molar-refractivity contribution in [2.75, 3.05) is 18.2 Å². The number of benzene rings is 1. The molecule has 0 aliphatic carbocycles. The number of amides is 1. The molecule has 1 aromatic carbocycles. The molecule has 4 nitrogen and oxygen atoms in total. The highest BCUT2D eigenvalue weighted by atomic mass is 35.5. The van der Waals surface area contributed by atoms with Crippen molar-refractivity contribution in [1.29, 1.82) is 0 Å². The molecule has 0 atom stereocenters. The highest BCUT2D eigenvalue weighted by Crippen LogP contribution is 2.24. The third-order valence-electron chi connectivity index (χ3n) is 2.42. The maximum absolute atomic E-state index is 11.9. The van der Waals surface area contributed by atoms with Crippen LogP contribution in [-0.4, -0.2) is 23.8 Å². The Morgan fingerprint density at radius 3 is 3.00 bits per heavy atom. The summed E-state index contributed by atoms with van der Waals surface area (Å²) < 4.78 is 5.10. The van der Waals surface area contributed by atoms with Gasteiger partial charge < -0.3 is 10.1 Å². The van der Waals surface area contributed by atoms with Crippen LogP contribution in [0.15, 0.2) is 47.6 Å². The van der Waals surface area contributed by atoms with E-state index in [2.05, 4.69) is 10.3 Å². The van der Waals surface area contributed by atoms with Crippen molar-refractivity contribution in [2.24, 2.45) is 0 Å². The molecule has 6 heteroatoms. The first-order valence-electron chi connectivity index (χ1n) is 5.86. The van der Waals surface area contributed by atoms with Crippen LogP contribution in [0.5, 0.6) is 5.75 Å². The molecule has 0 fully saturated rings. The van der Waals surface area contributed by atoms with Crippen LogP contribution in [0.3, 0.4) is 0 Å². The van der Waals surface area contributed by atoms with Crippen LogP contribution in [-0.2, 0) is 4.79 Å². The fourth-order valence-electron chi connectivity index (χ4n) is 1.51. The van der Waals surface area contributed by atoms with E-state index in [0.29, 0.717) is 21.5 Å². The number of hydrogen-bond donors (Lipinski definition) is 1. The van der Waals surface area contributed by atoms with Gasteiger partial charge in [0.05, 0.1) is 17.9 Å². The molecule has 0 aliphatic heterocycles. The number of rotatable bonds is 5. The first kappa shape index (κ1) is 14.7. The maximum atomic E-state index is 11.9. The average Bonchev–Trinajstić information content (AvgIpc) is 2.46.